The average Bonchev–Trinajstić information content (AvgIpc) is 2.47. The number of rotatable bonds is 7. The molecule has 0 bridgehead atoms. The maximum Gasteiger partial charge on any atom is 0.475 e. The third kappa shape index (κ3) is 8.15. The number of hydrogen-bond acceptors (Lipinski definition) is 4. The van der Waals surface area contributed by atoms with Gasteiger partial charge in [-0.25, -0.2) is 0 Å². The van der Waals surface area contributed by atoms with Gasteiger partial charge in [-0.05, 0) is 31.1 Å². The lowest BCUT2D eigenvalue weighted by molar-refractivity contribution is -0.129. The van der Waals surface area contributed by atoms with Crippen LogP contribution in [0.25, 0.3) is 0 Å². The highest BCUT2D eigenvalue weighted by molar-refractivity contribution is 6.43. The monoisotopic (exact) mass is 340 g/mol. The predicted octanol–water partition coefficient (Wildman–Crippen LogP) is 1.25. The molecule has 138 valence electrons. The van der Waals surface area contributed by atoms with Gasteiger partial charge >= 0.3 is 7.12 Å². The lowest BCUT2D eigenvalue weighted by Crippen LogP contribution is -2.50. The maximum absolute atomic E-state index is 12.3. The summed E-state index contributed by atoms with van der Waals surface area (Å²) in [6.45, 7) is 6.03. The lowest BCUT2D eigenvalue weighted by atomic mass is 9.75. The fraction of sp³-hybridized carbons (Fsp3) is 0.882. The van der Waals surface area contributed by atoms with Crippen LogP contribution in [0.4, 0.5) is 0 Å². The van der Waals surface area contributed by atoms with Crippen molar-refractivity contribution in [3.8, 4) is 0 Å². The summed E-state index contributed by atoms with van der Waals surface area (Å²) >= 11 is 0. The molecule has 1 fully saturated rings. The number of carbonyl (C=O) groups is 2. The van der Waals surface area contributed by atoms with Gasteiger partial charge in [0.15, 0.2) is 0 Å². The number of amides is 2. The Hall–Kier alpha value is -1.08. The van der Waals surface area contributed by atoms with Gasteiger partial charge in [0.05, 0.1) is 12.5 Å². The first kappa shape index (κ1) is 21.0. The zero-order chi connectivity index (χ0) is 18.1. The zero-order valence-electron chi connectivity index (χ0n) is 15.3. The minimum absolute atomic E-state index is 0.0137. The third-order valence-electron chi connectivity index (χ3n) is 4.72. The van der Waals surface area contributed by atoms with Crippen LogP contribution in [0.5, 0.6) is 0 Å². The summed E-state index contributed by atoms with van der Waals surface area (Å²) in [5.74, 6) is -0.213. The van der Waals surface area contributed by atoms with Crippen LogP contribution in [-0.4, -0.2) is 41.5 Å². The van der Waals surface area contributed by atoms with Crippen molar-refractivity contribution in [3.63, 3.8) is 0 Å². The summed E-state index contributed by atoms with van der Waals surface area (Å²) in [5.41, 5.74) is 0. The van der Waals surface area contributed by atoms with Gasteiger partial charge in [-0.3, -0.25) is 9.59 Å². The van der Waals surface area contributed by atoms with Crippen molar-refractivity contribution in [1.82, 2.24) is 10.6 Å². The molecule has 0 aromatic carbocycles. The van der Waals surface area contributed by atoms with Crippen LogP contribution in [0.15, 0.2) is 0 Å². The van der Waals surface area contributed by atoms with E-state index in [1.807, 2.05) is 13.8 Å². The van der Waals surface area contributed by atoms with Gasteiger partial charge in [0.2, 0.25) is 11.8 Å². The third-order valence-corrected chi connectivity index (χ3v) is 4.72. The molecule has 1 aliphatic carbocycles. The molecule has 2 amide bonds. The molecule has 6 nitrogen and oxygen atoms in total. The second kappa shape index (κ2) is 10.7. The molecule has 0 unspecified atom stereocenters. The summed E-state index contributed by atoms with van der Waals surface area (Å²) in [6, 6.07) is 0. The van der Waals surface area contributed by atoms with Gasteiger partial charge in [-0.2, -0.15) is 0 Å². The highest BCUT2D eigenvalue weighted by Crippen LogP contribution is 2.25. The van der Waals surface area contributed by atoms with Crippen molar-refractivity contribution in [3.05, 3.63) is 0 Å². The van der Waals surface area contributed by atoms with Crippen LogP contribution in [0.3, 0.4) is 0 Å². The van der Waals surface area contributed by atoms with Crippen molar-refractivity contribution >= 4 is 18.9 Å². The molecule has 0 aromatic rings. The molecule has 0 radical (unpaired) electrons. The highest BCUT2D eigenvalue weighted by atomic mass is 16.4. The molecule has 0 saturated heterocycles. The van der Waals surface area contributed by atoms with Crippen molar-refractivity contribution in [2.75, 3.05) is 6.54 Å². The minimum Gasteiger partial charge on any atom is -0.426 e. The molecule has 1 aliphatic rings. The SMILES string of the molecule is CC(C)C[C@H](NC(=O)CNC(=O)C1CCCC(C)CCC1)B(O)O. The van der Waals surface area contributed by atoms with E-state index in [-0.39, 0.29) is 30.2 Å². The summed E-state index contributed by atoms with van der Waals surface area (Å²) < 4.78 is 0. The topological polar surface area (TPSA) is 98.7 Å². The molecule has 1 atom stereocenters. The Balaban J connectivity index is 2.37. The molecule has 24 heavy (non-hydrogen) atoms. The minimum atomic E-state index is -1.60. The van der Waals surface area contributed by atoms with Gasteiger partial charge in [0, 0.05) is 5.92 Å². The van der Waals surface area contributed by atoms with Gasteiger partial charge in [-0.1, -0.05) is 46.5 Å². The molecule has 4 N–H and O–H groups in total. The average molecular weight is 340 g/mol. The van der Waals surface area contributed by atoms with E-state index >= 15 is 0 Å². The predicted molar refractivity (Wildman–Crippen MR) is 94.9 cm³/mol. The molecule has 0 aliphatic heterocycles. The second-order valence-electron chi connectivity index (χ2n) is 7.60. The highest BCUT2D eigenvalue weighted by Gasteiger charge is 2.26. The standard InChI is InChI=1S/C17H33BN2O4/c1-12(2)10-15(18(23)24)20-16(21)11-19-17(22)14-8-4-6-13(3)7-5-9-14/h12-15,23-24H,4-11H2,1-3H3,(H,19,22)(H,20,21)/t13?,14?,15-/m0/s1. The van der Waals surface area contributed by atoms with Gasteiger partial charge in [-0.15, -0.1) is 0 Å². The van der Waals surface area contributed by atoms with Gasteiger partial charge in [0.25, 0.3) is 0 Å². The van der Waals surface area contributed by atoms with Crippen LogP contribution in [0, 0.1) is 17.8 Å². The Bertz CT molecular complexity index is 394. The van der Waals surface area contributed by atoms with Crippen molar-refractivity contribution in [2.45, 2.75) is 71.7 Å². The Morgan fingerprint density at radius 2 is 1.71 bits per heavy atom. The fourth-order valence-electron chi connectivity index (χ4n) is 3.31. The largest absolute Gasteiger partial charge is 0.475 e. The second-order valence-corrected chi connectivity index (χ2v) is 7.60. The molecule has 1 rings (SSSR count). The van der Waals surface area contributed by atoms with E-state index in [2.05, 4.69) is 17.6 Å². The number of hydrogen-bond donors (Lipinski definition) is 4. The number of carbonyl (C=O) groups excluding carboxylic acids is 2. The molecule has 0 spiro atoms. The fourth-order valence-corrected chi connectivity index (χ4v) is 3.31. The van der Waals surface area contributed by atoms with Crippen LogP contribution in [-0.2, 0) is 9.59 Å². The zero-order valence-corrected chi connectivity index (χ0v) is 15.3. The van der Waals surface area contributed by atoms with Crippen LogP contribution in [0.1, 0.15) is 65.7 Å². The smallest absolute Gasteiger partial charge is 0.426 e. The van der Waals surface area contributed by atoms with Gasteiger partial charge in [0.1, 0.15) is 0 Å². The normalized spacial score (nSPS) is 23.1. The summed E-state index contributed by atoms with van der Waals surface area (Å²) in [6.07, 6.45) is 6.66. The summed E-state index contributed by atoms with van der Waals surface area (Å²) in [4.78, 5) is 24.2. The molecule has 1 saturated carbocycles. The first-order valence-corrected chi connectivity index (χ1v) is 9.22. The van der Waals surface area contributed by atoms with Crippen LogP contribution in [0.2, 0.25) is 0 Å². The Morgan fingerprint density at radius 3 is 2.21 bits per heavy atom. The number of nitrogens with one attached hydrogen (secondary N) is 2. The van der Waals surface area contributed by atoms with Crippen molar-refractivity contribution < 1.29 is 19.6 Å². The first-order valence-electron chi connectivity index (χ1n) is 9.22. The van der Waals surface area contributed by atoms with Crippen molar-refractivity contribution in [1.29, 1.82) is 0 Å². The van der Waals surface area contributed by atoms with Gasteiger partial charge < -0.3 is 20.7 Å². The Morgan fingerprint density at radius 1 is 1.12 bits per heavy atom. The Kier molecular flexibility index (Phi) is 9.37. The van der Waals surface area contributed by atoms with E-state index in [1.165, 1.54) is 0 Å². The van der Waals surface area contributed by atoms with E-state index in [9.17, 15) is 19.6 Å². The molecule has 7 heteroatoms. The summed E-state index contributed by atoms with van der Waals surface area (Å²) in [5, 5.41) is 23.9. The molecular weight excluding hydrogens is 307 g/mol. The molecular formula is C17H33BN2O4. The van der Waals surface area contributed by atoms with Crippen molar-refractivity contribution in [2.24, 2.45) is 17.8 Å². The first-order chi connectivity index (χ1) is 11.3. The molecule has 0 heterocycles. The van der Waals surface area contributed by atoms with E-state index < -0.39 is 13.1 Å². The van der Waals surface area contributed by atoms with E-state index in [1.54, 1.807) is 0 Å². The maximum atomic E-state index is 12.3. The summed E-state index contributed by atoms with van der Waals surface area (Å²) in [7, 11) is -1.60. The van der Waals surface area contributed by atoms with E-state index in [0.717, 1.165) is 44.4 Å². The van der Waals surface area contributed by atoms with Crippen LogP contribution < -0.4 is 10.6 Å². The lowest BCUT2D eigenvalue weighted by Gasteiger charge is -2.22. The van der Waals surface area contributed by atoms with E-state index in [4.69, 9.17) is 0 Å². The Labute approximate surface area is 145 Å². The van der Waals surface area contributed by atoms with E-state index in [0.29, 0.717) is 6.42 Å². The van der Waals surface area contributed by atoms with Crippen LogP contribution >= 0.6 is 0 Å². The molecule has 0 aromatic heterocycles. The quantitative estimate of drug-likeness (QED) is 0.524.